The van der Waals surface area contributed by atoms with Crippen LogP contribution in [-0.4, -0.2) is 46.9 Å². The highest BCUT2D eigenvalue weighted by molar-refractivity contribution is 5.97. The molecule has 0 unspecified atom stereocenters. The average molecular weight is 330 g/mol. The molecule has 1 aromatic carbocycles. The van der Waals surface area contributed by atoms with Crippen molar-refractivity contribution in [2.75, 3.05) is 18.0 Å². The lowest BCUT2D eigenvalue weighted by Crippen LogP contribution is -2.49. The minimum atomic E-state index is -0.845. The van der Waals surface area contributed by atoms with E-state index in [1.807, 2.05) is 0 Å². The van der Waals surface area contributed by atoms with Crippen LogP contribution in [0.4, 0.5) is 5.69 Å². The third-order valence-electron chi connectivity index (χ3n) is 5.07. The first-order valence-corrected chi connectivity index (χ1v) is 8.43. The molecule has 3 rings (SSSR count). The van der Waals surface area contributed by atoms with Crippen molar-refractivity contribution >= 4 is 23.5 Å². The second-order valence-electron chi connectivity index (χ2n) is 6.52. The Morgan fingerprint density at radius 1 is 1.12 bits per heavy atom. The summed E-state index contributed by atoms with van der Waals surface area (Å²) in [5.41, 5.74) is 1.34. The summed E-state index contributed by atoms with van der Waals surface area (Å²) in [6.07, 6.45) is 2.74. The molecule has 2 atom stereocenters. The van der Waals surface area contributed by atoms with E-state index >= 15 is 0 Å². The van der Waals surface area contributed by atoms with Crippen LogP contribution in [0.25, 0.3) is 0 Å². The number of hydrogen-bond acceptors (Lipinski definition) is 3. The van der Waals surface area contributed by atoms with E-state index in [9.17, 15) is 19.5 Å². The Labute approximate surface area is 141 Å². The van der Waals surface area contributed by atoms with Crippen LogP contribution in [0.1, 0.15) is 43.0 Å². The summed E-state index contributed by atoms with van der Waals surface area (Å²) < 4.78 is 0. The number of piperidine rings is 1. The summed E-state index contributed by atoms with van der Waals surface area (Å²) >= 11 is 0. The van der Waals surface area contributed by atoms with Gasteiger partial charge in [-0.1, -0.05) is 0 Å². The number of anilines is 1. The minimum absolute atomic E-state index is 0.114. The number of nitrogens with zero attached hydrogens (tertiary/aromatic N) is 2. The standard InChI is InChI=1S/C18H22N2O4/c1-12-15(18(23)24)4-2-10-19(12)17(22)13-6-8-14(9-7-13)20-11-3-5-16(20)21/h6-9,12,15H,2-5,10-11H2,1H3,(H,23,24)/t12-,15-/m1/s1. The van der Waals surface area contributed by atoms with Crippen LogP contribution in [0.3, 0.4) is 0 Å². The molecule has 2 saturated heterocycles. The first-order valence-electron chi connectivity index (χ1n) is 8.43. The highest BCUT2D eigenvalue weighted by Crippen LogP contribution is 2.27. The number of carboxylic acid groups (broad SMARTS) is 1. The van der Waals surface area contributed by atoms with E-state index in [0.717, 1.165) is 18.7 Å². The fraction of sp³-hybridized carbons (Fsp3) is 0.500. The molecule has 2 heterocycles. The number of carbonyl (C=O) groups is 3. The maximum absolute atomic E-state index is 12.7. The quantitative estimate of drug-likeness (QED) is 0.921. The zero-order valence-electron chi connectivity index (χ0n) is 13.8. The van der Waals surface area contributed by atoms with Gasteiger partial charge in [0.2, 0.25) is 5.91 Å². The molecule has 0 aliphatic carbocycles. The predicted molar refractivity (Wildman–Crippen MR) is 88.9 cm³/mol. The summed E-state index contributed by atoms with van der Waals surface area (Å²) in [5.74, 6) is -1.39. The molecule has 0 aromatic heterocycles. The highest BCUT2D eigenvalue weighted by Gasteiger charge is 2.35. The van der Waals surface area contributed by atoms with E-state index in [2.05, 4.69) is 0 Å². The number of amides is 2. The number of carbonyl (C=O) groups excluding carboxylic acids is 2. The zero-order valence-corrected chi connectivity index (χ0v) is 13.8. The molecule has 128 valence electrons. The fourth-order valence-corrected chi connectivity index (χ4v) is 3.63. The van der Waals surface area contributed by atoms with Gasteiger partial charge in [0.15, 0.2) is 0 Å². The van der Waals surface area contributed by atoms with Crippen molar-refractivity contribution in [2.24, 2.45) is 5.92 Å². The van der Waals surface area contributed by atoms with Crippen molar-refractivity contribution < 1.29 is 19.5 Å². The SMILES string of the molecule is C[C@@H]1[C@H](C(=O)O)CCCN1C(=O)c1ccc(N2CCCC2=O)cc1. The van der Waals surface area contributed by atoms with Gasteiger partial charge in [-0.2, -0.15) is 0 Å². The van der Waals surface area contributed by atoms with Crippen molar-refractivity contribution in [3.8, 4) is 0 Å². The Kier molecular flexibility index (Phi) is 4.55. The maximum Gasteiger partial charge on any atom is 0.308 e. The van der Waals surface area contributed by atoms with E-state index in [0.29, 0.717) is 31.4 Å². The number of aliphatic carboxylic acids is 1. The Morgan fingerprint density at radius 2 is 1.83 bits per heavy atom. The van der Waals surface area contributed by atoms with E-state index in [1.165, 1.54) is 0 Å². The molecule has 6 heteroatoms. The van der Waals surface area contributed by atoms with Gasteiger partial charge < -0.3 is 14.9 Å². The molecule has 24 heavy (non-hydrogen) atoms. The van der Waals surface area contributed by atoms with Crippen molar-refractivity contribution in [2.45, 2.75) is 38.6 Å². The molecular formula is C18H22N2O4. The van der Waals surface area contributed by atoms with Gasteiger partial charge in [0.25, 0.3) is 5.91 Å². The lowest BCUT2D eigenvalue weighted by molar-refractivity contribution is -0.145. The molecule has 2 amide bonds. The van der Waals surface area contributed by atoms with Gasteiger partial charge in [-0.05, 0) is 50.5 Å². The fourth-order valence-electron chi connectivity index (χ4n) is 3.63. The van der Waals surface area contributed by atoms with Crippen LogP contribution >= 0.6 is 0 Å². The topological polar surface area (TPSA) is 77.9 Å². The number of rotatable bonds is 3. The summed E-state index contributed by atoms with van der Waals surface area (Å²) in [5, 5.41) is 9.29. The molecule has 1 aromatic rings. The Bertz CT molecular complexity index is 655. The summed E-state index contributed by atoms with van der Waals surface area (Å²) in [6, 6.07) is 6.71. The number of carboxylic acids is 1. The van der Waals surface area contributed by atoms with Crippen molar-refractivity contribution in [1.29, 1.82) is 0 Å². The molecule has 1 N–H and O–H groups in total. The molecule has 0 bridgehead atoms. The molecule has 2 aliphatic heterocycles. The molecule has 2 aliphatic rings. The first-order chi connectivity index (χ1) is 11.5. The van der Waals surface area contributed by atoms with E-state index in [-0.39, 0.29) is 17.9 Å². The molecule has 0 saturated carbocycles. The van der Waals surface area contributed by atoms with Crippen LogP contribution in [0.2, 0.25) is 0 Å². The van der Waals surface area contributed by atoms with Crippen molar-refractivity contribution in [3.05, 3.63) is 29.8 Å². The van der Waals surface area contributed by atoms with Gasteiger partial charge in [0, 0.05) is 36.8 Å². The van der Waals surface area contributed by atoms with Crippen LogP contribution < -0.4 is 4.90 Å². The molecule has 2 fully saturated rings. The highest BCUT2D eigenvalue weighted by atomic mass is 16.4. The summed E-state index contributed by atoms with van der Waals surface area (Å²) in [4.78, 5) is 39.2. The van der Waals surface area contributed by atoms with Gasteiger partial charge in [-0.25, -0.2) is 0 Å². The Hall–Kier alpha value is -2.37. The molecule has 0 radical (unpaired) electrons. The lowest BCUT2D eigenvalue weighted by Gasteiger charge is -2.37. The van der Waals surface area contributed by atoms with Crippen LogP contribution in [-0.2, 0) is 9.59 Å². The third kappa shape index (κ3) is 3.00. The largest absolute Gasteiger partial charge is 0.481 e. The normalized spacial score (nSPS) is 24.3. The number of benzene rings is 1. The van der Waals surface area contributed by atoms with Crippen molar-refractivity contribution in [1.82, 2.24) is 4.90 Å². The smallest absolute Gasteiger partial charge is 0.308 e. The van der Waals surface area contributed by atoms with E-state index in [4.69, 9.17) is 0 Å². The predicted octanol–water partition coefficient (Wildman–Crippen LogP) is 2.14. The number of likely N-dealkylation sites (tertiary alicyclic amines) is 1. The van der Waals surface area contributed by atoms with Crippen LogP contribution in [0.5, 0.6) is 0 Å². The second-order valence-corrected chi connectivity index (χ2v) is 6.52. The van der Waals surface area contributed by atoms with Gasteiger partial charge in [-0.3, -0.25) is 14.4 Å². The van der Waals surface area contributed by atoms with E-state index in [1.54, 1.807) is 41.0 Å². The maximum atomic E-state index is 12.7. The molecule has 0 spiro atoms. The Balaban J connectivity index is 1.75. The van der Waals surface area contributed by atoms with Crippen molar-refractivity contribution in [3.63, 3.8) is 0 Å². The van der Waals surface area contributed by atoms with Crippen LogP contribution in [0, 0.1) is 5.92 Å². The summed E-state index contributed by atoms with van der Waals surface area (Å²) in [7, 11) is 0. The van der Waals surface area contributed by atoms with E-state index < -0.39 is 11.9 Å². The summed E-state index contributed by atoms with van der Waals surface area (Å²) in [6.45, 7) is 3.10. The number of hydrogen-bond donors (Lipinski definition) is 1. The monoisotopic (exact) mass is 330 g/mol. The second kappa shape index (κ2) is 6.63. The van der Waals surface area contributed by atoms with Crippen LogP contribution in [0.15, 0.2) is 24.3 Å². The van der Waals surface area contributed by atoms with Gasteiger partial charge in [-0.15, -0.1) is 0 Å². The zero-order chi connectivity index (χ0) is 17.3. The average Bonchev–Trinajstić information content (AvgIpc) is 3.00. The molecular weight excluding hydrogens is 308 g/mol. The van der Waals surface area contributed by atoms with Gasteiger partial charge >= 0.3 is 5.97 Å². The minimum Gasteiger partial charge on any atom is -0.481 e. The third-order valence-corrected chi connectivity index (χ3v) is 5.07. The molecule has 6 nitrogen and oxygen atoms in total. The Morgan fingerprint density at radius 3 is 2.42 bits per heavy atom. The van der Waals surface area contributed by atoms with Gasteiger partial charge in [0.1, 0.15) is 0 Å². The van der Waals surface area contributed by atoms with Gasteiger partial charge in [0.05, 0.1) is 5.92 Å². The lowest BCUT2D eigenvalue weighted by atomic mass is 9.90. The first kappa shape index (κ1) is 16.5.